The Morgan fingerprint density at radius 3 is 2.50 bits per heavy atom. The normalized spacial score (nSPS) is 12.9. The predicted octanol–water partition coefficient (Wildman–Crippen LogP) is 2.39. The van der Waals surface area contributed by atoms with Crippen molar-refractivity contribution >= 4 is 23.3 Å². The van der Waals surface area contributed by atoms with Crippen LogP contribution in [0.2, 0.25) is 0 Å². The number of aromatic nitrogens is 2. The maximum absolute atomic E-state index is 14.0. The molecule has 0 amide bonds. The largest absolute Gasteiger partial charge is 0.478 e. The van der Waals surface area contributed by atoms with Gasteiger partial charge in [-0.05, 0) is 36.4 Å². The quantitative estimate of drug-likeness (QED) is 0.317. The van der Waals surface area contributed by atoms with E-state index in [0.717, 1.165) is 29.0 Å². The molecule has 0 aliphatic carbocycles. The summed E-state index contributed by atoms with van der Waals surface area (Å²) in [6.45, 7) is 0. The van der Waals surface area contributed by atoms with E-state index < -0.39 is 40.6 Å². The SMILES string of the molecule is NC(=C\C=C(/N)n1ccnc(Nc2ccc(C(F)(F)F)cc2F)c1=O)/C=C/C(=O)O. The minimum absolute atomic E-state index is 0.0348. The number of benzene rings is 1. The number of rotatable bonds is 6. The lowest BCUT2D eigenvalue weighted by atomic mass is 10.2. The van der Waals surface area contributed by atoms with Crippen LogP contribution < -0.4 is 22.3 Å². The highest BCUT2D eigenvalue weighted by Gasteiger charge is 2.31. The van der Waals surface area contributed by atoms with Gasteiger partial charge < -0.3 is 21.9 Å². The molecular formula is C18H15F4N5O3. The van der Waals surface area contributed by atoms with Crippen molar-refractivity contribution in [3.8, 4) is 0 Å². The minimum atomic E-state index is -4.72. The molecule has 30 heavy (non-hydrogen) atoms. The summed E-state index contributed by atoms with van der Waals surface area (Å²) in [4.78, 5) is 26.7. The zero-order chi connectivity index (χ0) is 22.5. The molecule has 0 aliphatic heterocycles. The molecule has 0 radical (unpaired) electrons. The molecular weight excluding hydrogens is 410 g/mol. The number of anilines is 2. The van der Waals surface area contributed by atoms with Gasteiger partial charge in [0.1, 0.15) is 11.6 Å². The molecule has 158 valence electrons. The lowest BCUT2D eigenvalue weighted by Crippen LogP contribution is -2.25. The second-order valence-electron chi connectivity index (χ2n) is 5.70. The van der Waals surface area contributed by atoms with Gasteiger partial charge in [0.25, 0.3) is 5.56 Å². The third-order valence-corrected chi connectivity index (χ3v) is 3.53. The summed E-state index contributed by atoms with van der Waals surface area (Å²) in [6, 6.07) is 1.77. The molecule has 0 aliphatic rings. The van der Waals surface area contributed by atoms with Crippen molar-refractivity contribution in [3.05, 3.63) is 82.3 Å². The van der Waals surface area contributed by atoms with Crippen molar-refractivity contribution in [3.63, 3.8) is 0 Å². The second kappa shape index (κ2) is 8.94. The van der Waals surface area contributed by atoms with E-state index in [9.17, 15) is 27.2 Å². The summed E-state index contributed by atoms with van der Waals surface area (Å²) >= 11 is 0. The molecule has 1 heterocycles. The number of carboxylic acids is 1. The van der Waals surface area contributed by atoms with Gasteiger partial charge in [-0.1, -0.05) is 0 Å². The molecule has 2 rings (SSSR count). The van der Waals surface area contributed by atoms with E-state index in [0.29, 0.717) is 6.07 Å². The maximum atomic E-state index is 14.0. The molecule has 2 aromatic rings. The van der Waals surface area contributed by atoms with E-state index in [1.165, 1.54) is 18.3 Å². The Balaban J connectivity index is 2.31. The summed E-state index contributed by atoms with van der Waals surface area (Å²) in [5, 5.41) is 10.9. The molecule has 0 atom stereocenters. The first kappa shape index (κ1) is 22.2. The van der Waals surface area contributed by atoms with Crippen LogP contribution in [0.25, 0.3) is 5.82 Å². The average molecular weight is 425 g/mol. The van der Waals surface area contributed by atoms with Gasteiger partial charge in [-0.15, -0.1) is 0 Å². The first-order valence-electron chi connectivity index (χ1n) is 8.05. The monoisotopic (exact) mass is 425 g/mol. The van der Waals surface area contributed by atoms with Crippen LogP contribution in [0.4, 0.5) is 29.1 Å². The number of allylic oxidation sites excluding steroid dienone is 3. The number of nitrogens with zero attached hydrogens (tertiary/aromatic N) is 2. The number of halogens is 4. The van der Waals surface area contributed by atoms with Gasteiger partial charge in [0.05, 0.1) is 11.3 Å². The number of nitrogens with one attached hydrogen (secondary N) is 1. The molecule has 0 spiro atoms. The molecule has 0 bridgehead atoms. The Hall–Kier alpha value is -4.09. The molecule has 0 fully saturated rings. The minimum Gasteiger partial charge on any atom is -0.478 e. The Morgan fingerprint density at radius 2 is 1.90 bits per heavy atom. The van der Waals surface area contributed by atoms with Crippen LogP contribution in [0.15, 0.2) is 65.4 Å². The Labute approximate surface area is 166 Å². The van der Waals surface area contributed by atoms with Crippen LogP contribution in [0.5, 0.6) is 0 Å². The maximum Gasteiger partial charge on any atom is 0.416 e. The number of carbonyl (C=O) groups is 1. The Morgan fingerprint density at radius 1 is 1.20 bits per heavy atom. The van der Waals surface area contributed by atoms with Gasteiger partial charge >= 0.3 is 12.1 Å². The lowest BCUT2D eigenvalue weighted by Gasteiger charge is -2.11. The standard InChI is InChI=1S/C18H15F4N5O3/c19-12-9-10(18(20,21)22)1-4-13(12)26-16-17(30)27(8-7-25-16)14(24)5-2-11(23)3-6-15(28)29/h1-9H,23-24H2,(H,25,26)(H,28,29)/b6-3+,11-2-,14-5+. The van der Waals surface area contributed by atoms with Gasteiger partial charge in [-0.3, -0.25) is 9.36 Å². The second-order valence-corrected chi connectivity index (χ2v) is 5.70. The number of hydrogen-bond acceptors (Lipinski definition) is 6. The fourth-order valence-electron chi connectivity index (χ4n) is 2.11. The molecule has 0 saturated heterocycles. The molecule has 8 nitrogen and oxygen atoms in total. The number of hydrogen-bond donors (Lipinski definition) is 4. The van der Waals surface area contributed by atoms with E-state index in [-0.39, 0.29) is 17.6 Å². The Bertz CT molecular complexity index is 1100. The molecule has 0 saturated carbocycles. The zero-order valence-corrected chi connectivity index (χ0v) is 15.0. The van der Waals surface area contributed by atoms with Crippen LogP contribution in [0.1, 0.15) is 5.56 Å². The Kier molecular flexibility index (Phi) is 6.62. The summed E-state index contributed by atoms with van der Waals surface area (Å²) in [5.41, 5.74) is 8.98. The number of carboxylic acid groups (broad SMARTS) is 1. The predicted molar refractivity (Wildman–Crippen MR) is 101 cm³/mol. The van der Waals surface area contributed by atoms with Crippen LogP contribution in [0, 0.1) is 5.82 Å². The average Bonchev–Trinajstić information content (AvgIpc) is 2.66. The third-order valence-electron chi connectivity index (χ3n) is 3.53. The zero-order valence-electron chi connectivity index (χ0n) is 15.0. The van der Waals surface area contributed by atoms with Gasteiger partial charge in [0.15, 0.2) is 5.82 Å². The van der Waals surface area contributed by atoms with E-state index in [1.807, 2.05) is 0 Å². The number of aliphatic carboxylic acids is 1. The highest BCUT2D eigenvalue weighted by Crippen LogP contribution is 2.31. The number of nitrogens with two attached hydrogens (primary N) is 2. The molecule has 12 heteroatoms. The van der Waals surface area contributed by atoms with Crippen LogP contribution >= 0.6 is 0 Å². The van der Waals surface area contributed by atoms with Crippen molar-refractivity contribution in [1.82, 2.24) is 9.55 Å². The fourth-order valence-corrected chi connectivity index (χ4v) is 2.11. The van der Waals surface area contributed by atoms with Crippen LogP contribution in [-0.2, 0) is 11.0 Å². The van der Waals surface area contributed by atoms with Crippen LogP contribution in [-0.4, -0.2) is 20.6 Å². The van der Waals surface area contributed by atoms with E-state index in [2.05, 4.69) is 10.3 Å². The summed E-state index contributed by atoms with van der Waals surface area (Å²) < 4.78 is 52.8. The van der Waals surface area contributed by atoms with Crippen molar-refractivity contribution in [2.75, 3.05) is 5.32 Å². The molecule has 1 aromatic carbocycles. The van der Waals surface area contributed by atoms with E-state index >= 15 is 0 Å². The topological polar surface area (TPSA) is 136 Å². The summed E-state index contributed by atoms with van der Waals surface area (Å²) in [7, 11) is 0. The van der Waals surface area contributed by atoms with Crippen molar-refractivity contribution < 1.29 is 27.5 Å². The summed E-state index contributed by atoms with van der Waals surface area (Å²) in [6.07, 6.45) is 1.99. The summed E-state index contributed by atoms with van der Waals surface area (Å²) in [5.74, 6) is -2.97. The fraction of sp³-hybridized carbons (Fsp3) is 0.0556. The van der Waals surface area contributed by atoms with Gasteiger partial charge in [-0.2, -0.15) is 13.2 Å². The first-order chi connectivity index (χ1) is 14.0. The third kappa shape index (κ3) is 5.70. The highest BCUT2D eigenvalue weighted by atomic mass is 19.4. The smallest absolute Gasteiger partial charge is 0.416 e. The highest BCUT2D eigenvalue weighted by molar-refractivity contribution is 5.80. The number of alkyl halides is 3. The van der Waals surface area contributed by atoms with Crippen molar-refractivity contribution in [2.45, 2.75) is 6.18 Å². The molecule has 0 unspecified atom stereocenters. The van der Waals surface area contributed by atoms with Gasteiger partial charge in [0.2, 0.25) is 0 Å². The van der Waals surface area contributed by atoms with E-state index in [4.69, 9.17) is 16.6 Å². The lowest BCUT2D eigenvalue weighted by molar-refractivity contribution is -0.137. The van der Waals surface area contributed by atoms with Gasteiger partial charge in [-0.25, -0.2) is 14.2 Å². The molecule has 6 N–H and O–H groups in total. The van der Waals surface area contributed by atoms with Crippen molar-refractivity contribution in [2.24, 2.45) is 11.5 Å². The first-order valence-corrected chi connectivity index (χ1v) is 8.05. The van der Waals surface area contributed by atoms with Crippen molar-refractivity contribution in [1.29, 1.82) is 0 Å². The van der Waals surface area contributed by atoms with Crippen LogP contribution in [0.3, 0.4) is 0 Å². The molecule has 1 aromatic heterocycles. The van der Waals surface area contributed by atoms with E-state index in [1.54, 1.807) is 0 Å². The van der Waals surface area contributed by atoms with Gasteiger partial charge in [0, 0.05) is 24.2 Å².